The van der Waals surface area contributed by atoms with E-state index in [4.69, 9.17) is 28.7 Å². The van der Waals surface area contributed by atoms with Crippen LogP contribution in [0.3, 0.4) is 0 Å². The highest BCUT2D eigenvalue weighted by atomic mass is 16.5. The molecule has 1 aliphatic heterocycles. The van der Waals surface area contributed by atoms with Crippen LogP contribution in [0.25, 0.3) is 22.0 Å². The predicted molar refractivity (Wildman–Crippen MR) is 137 cm³/mol. The topological polar surface area (TPSA) is 91.4 Å². The number of piperazine rings is 1. The second-order valence-corrected chi connectivity index (χ2v) is 8.35. The molecule has 1 N–H and O–H groups in total. The average molecular weight is 496 g/mol. The van der Waals surface area contributed by atoms with E-state index in [1.54, 1.807) is 35.4 Å². The summed E-state index contributed by atoms with van der Waals surface area (Å²) in [6, 6.07) is 9.29. The van der Waals surface area contributed by atoms with Crippen molar-refractivity contribution in [3.8, 4) is 34.1 Å². The SMILES string of the molecule is CCOC(=O)c1c(CN2CCNCC2)nc2cc(OC)c(OC)cc2c1-c1ccc(OC)c(OC)c1. The maximum atomic E-state index is 13.5. The van der Waals surface area contributed by atoms with Crippen LogP contribution in [0.15, 0.2) is 30.3 Å². The number of ether oxygens (including phenoxy) is 5. The van der Waals surface area contributed by atoms with Crippen molar-refractivity contribution in [2.24, 2.45) is 0 Å². The lowest BCUT2D eigenvalue weighted by Crippen LogP contribution is -2.43. The first-order chi connectivity index (χ1) is 17.5. The molecule has 2 aromatic carbocycles. The van der Waals surface area contributed by atoms with Gasteiger partial charge in [0.15, 0.2) is 23.0 Å². The molecule has 0 saturated carbocycles. The Hall–Kier alpha value is -3.56. The minimum atomic E-state index is -0.420. The number of benzene rings is 2. The Balaban J connectivity index is 2.05. The van der Waals surface area contributed by atoms with Gasteiger partial charge in [0.05, 0.1) is 51.8 Å². The number of hydrogen-bond donors (Lipinski definition) is 1. The summed E-state index contributed by atoms with van der Waals surface area (Å²) < 4.78 is 27.7. The van der Waals surface area contributed by atoms with Crippen LogP contribution in [0.2, 0.25) is 0 Å². The molecule has 0 unspecified atom stereocenters. The summed E-state index contributed by atoms with van der Waals surface area (Å²) in [5.74, 6) is 1.83. The normalized spacial score (nSPS) is 13.9. The van der Waals surface area contributed by atoms with Crippen molar-refractivity contribution in [3.63, 3.8) is 0 Å². The van der Waals surface area contributed by atoms with Gasteiger partial charge in [0.25, 0.3) is 0 Å². The van der Waals surface area contributed by atoms with Crippen molar-refractivity contribution in [1.29, 1.82) is 0 Å². The lowest BCUT2D eigenvalue weighted by atomic mass is 9.93. The number of nitrogens with one attached hydrogen (secondary N) is 1. The third-order valence-corrected chi connectivity index (χ3v) is 6.30. The van der Waals surface area contributed by atoms with E-state index in [2.05, 4.69) is 10.2 Å². The number of hydrogen-bond acceptors (Lipinski definition) is 9. The molecule has 1 aliphatic rings. The number of aromatic nitrogens is 1. The third kappa shape index (κ3) is 5.03. The molecule has 192 valence electrons. The fraction of sp³-hybridized carbons (Fsp3) is 0.407. The molecule has 0 atom stereocenters. The Bertz CT molecular complexity index is 1240. The highest BCUT2D eigenvalue weighted by Crippen LogP contribution is 2.42. The van der Waals surface area contributed by atoms with Crippen molar-refractivity contribution in [2.45, 2.75) is 13.5 Å². The van der Waals surface area contributed by atoms with Crippen LogP contribution in [0.4, 0.5) is 0 Å². The van der Waals surface area contributed by atoms with Gasteiger partial charge in [0, 0.05) is 49.7 Å². The highest BCUT2D eigenvalue weighted by molar-refractivity contribution is 6.08. The van der Waals surface area contributed by atoms with Crippen molar-refractivity contribution >= 4 is 16.9 Å². The lowest BCUT2D eigenvalue weighted by Gasteiger charge is -2.28. The van der Waals surface area contributed by atoms with E-state index in [0.29, 0.717) is 51.9 Å². The van der Waals surface area contributed by atoms with Crippen molar-refractivity contribution in [2.75, 3.05) is 61.2 Å². The van der Waals surface area contributed by atoms with Crippen LogP contribution in [-0.4, -0.2) is 77.1 Å². The third-order valence-electron chi connectivity index (χ3n) is 6.30. The van der Waals surface area contributed by atoms with Crippen LogP contribution < -0.4 is 24.3 Å². The molecular formula is C27H33N3O6. The zero-order valence-corrected chi connectivity index (χ0v) is 21.5. The van der Waals surface area contributed by atoms with Gasteiger partial charge in [0.1, 0.15) is 0 Å². The van der Waals surface area contributed by atoms with E-state index < -0.39 is 5.97 Å². The van der Waals surface area contributed by atoms with Crippen molar-refractivity contribution in [1.82, 2.24) is 15.2 Å². The minimum absolute atomic E-state index is 0.251. The molecular weight excluding hydrogens is 462 g/mol. The zero-order chi connectivity index (χ0) is 25.7. The second-order valence-electron chi connectivity index (χ2n) is 8.35. The van der Waals surface area contributed by atoms with Gasteiger partial charge in [-0.1, -0.05) is 6.07 Å². The highest BCUT2D eigenvalue weighted by Gasteiger charge is 2.27. The Morgan fingerprint density at radius 3 is 2.19 bits per heavy atom. The molecule has 0 amide bonds. The molecule has 2 heterocycles. The molecule has 0 spiro atoms. The van der Waals surface area contributed by atoms with Crippen LogP contribution >= 0.6 is 0 Å². The predicted octanol–water partition coefficient (Wildman–Crippen LogP) is 3.52. The van der Waals surface area contributed by atoms with E-state index >= 15 is 0 Å². The molecule has 0 bridgehead atoms. The molecule has 9 heteroatoms. The van der Waals surface area contributed by atoms with E-state index in [1.165, 1.54) is 0 Å². The number of rotatable bonds is 9. The molecule has 1 fully saturated rings. The first-order valence-corrected chi connectivity index (χ1v) is 12.0. The first-order valence-electron chi connectivity index (χ1n) is 12.0. The fourth-order valence-corrected chi connectivity index (χ4v) is 4.55. The molecule has 0 aliphatic carbocycles. The molecule has 1 aromatic heterocycles. The van der Waals surface area contributed by atoms with E-state index in [0.717, 1.165) is 37.1 Å². The standard InChI is InChI=1S/C27H33N3O6/c1-6-36-27(31)26-20(16-30-11-9-28-10-12-30)29-19-15-24(35-5)23(34-4)14-18(19)25(26)17-7-8-21(32-2)22(13-17)33-3/h7-8,13-15,28H,6,9-12,16H2,1-5H3. The maximum absolute atomic E-state index is 13.5. The van der Waals surface area contributed by atoms with Crippen molar-refractivity contribution in [3.05, 3.63) is 41.6 Å². The Labute approximate surface area is 211 Å². The Morgan fingerprint density at radius 2 is 1.56 bits per heavy atom. The number of carbonyl (C=O) groups is 1. The van der Waals surface area contributed by atoms with Gasteiger partial charge in [0.2, 0.25) is 0 Å². The summed E-state index contributed by atoms with van der Waals surface area (Å²) in [6.45, 7) is 6.05. The van der Waals surface area contributed by atoms with Crippen molar-refractivity contribution < 1.29 is 28.5 Å². The molecule has 0 radical (unpaired) electrons. The smallest absolute Gasteiger partial charge is 0.340 e. The summed E-state index contributed by atoms with van der Waals surface area (Å²) in [5, 5.41) is 4.11. The number of pyridine rings is 1. The van der Waals surface area contributed by atoms with E-state index in [9.17, 15) is 4.79 Å². The number of methoxy groups -OCH3 is 4. The molecule has 9 nitrogen and oxygen atoms in total. The molecule has 3 aromatic rings. The number of esters is 1. The van der Waals surface area contributed by atoms with Gasteiger partial charge in [-0.05, 0) is 30.7 Å². The zero-order valence-electron chi connectivity index (χ0n) is 21.5. The number of nitrogens with zero attached hydrogens (tertiary/aromatic N) is 2. The van der Waals surface area contributed by atoms with Gasteiger partial charge in [-0.15, -0.1) is 0 Å². The van der Waals surface area contributed by atoms with Gasteiger partial charge in [-0.25, -0.2) is 4.79 Å². The summed E-state index contributed by atoms with van der Waals surface area (Å²) in [4.78, 5) is 20.7. The van der Waals surface area contributed by atoms with Gasteiger partial charge >= 0.3 is 5.97 Å². The number of carbonyl (C=O) groups excluding carboxylic acids is 1. The van der Waals surface area contributed by atoms with Crippen LogP contribution in [0.1, 0.15) is 23.0 Å². The lowest BCUT2D eigenvalue weighted by molar-refractivity contribution is 0.0524. The van der Waals surface area contributed by atoms with Gasteiger partial charge < -0.3 is 29.0 Å². The Morgan fingerprint density at radius 1 is 0.917 bits per heavy atom. The minimum Gasteiger partial charge on any atom is -0.493 e. The molecule has 36 heavy (non-hydrogen) atoms. The van der Waals surface area contributed by atoms with Gasteiger partial charge in [-0.2, -0.15) is 0 Å². The van der Waals surface area contributed by atoms with E-state index in [-0.39, 0.29) is 6.61 Å². The first kappa shape index (κ1) is 25.5. The quantitative estimate of drug-likeness (QED) is 0.448. The summed E-state index contributed by atoms with van der Waals surface area (Å²) in [6.07, 6.45) is 0. The molecule has 1 saturated heterocycles. The van der Waals surface area contributed by atoms with E-state index in [1.807, 2.05) is 30.3 Å². The Kier molecular flexibility index (Phi) is 8.12. The monoisotopic (exact) mass is 495 g/mol. The largest absolute Gasteiger partial charge is 0.493 e. The maximum Gasteiger partial charge on any atom is 0.340 e. The average Bonchev–Trinajstić information content (AvgIpc) is 2.91. The molecule has 4 rings (SSSR count). The second kappa shape index (κ2) is 11.5. The van der Waals surface area contributed by atoms with Crippen LogP contribution in [-0.2, 0) is 11.3 Å². The fourth-order valence-electron chi connectivity index (χ4n) is 4.55. The number of fused-ring (bicyclic) bond motifs is 1. The van der Waals surface area contributed by atoms with Crippen LogP contribution in [0.5, 0.6) is 23.0 Å². The van der Waals surface area contributed by atoms with Gasteiger partial charge in [-0.3, -0.25) is 9.88 Å². The summed E-state index contributed by atoms with van der Waals surface area (Å²) in [5.41, 5.74) is 3.25. The summed E-state index contributed by atoms with van der Waals surface area (Å²) >= 11 is 0. The summed E-state index contributed by atoms with van der Waals surface area (Å²) in [7, 11) is 6.35. The van der Waals surface area contributed by atoms with Crippen LogP contribution in [0, 0.1) is 0 Å².